The zero-order valence-electron chi connectivity index (χ0n) is 14.6. The van der Waals surface area contributed by atoms with E-state index in [0.717, 1.165) is 5.56 Å². The molecule has 0 saturated carbocycles. The lowest BCUT2D eigenvalue weighted by Crippen LogP contribution is -2.45. The van der Waals surface area contributed by atoms with Crippen LogP contribution in [0, 0.1) is 5.92 Å². The molecule has 0 amide bonds. The van der Waals surface area contributed by atoms with E-state index >= 15 is 0 Å². The summed E-state index contributed by atoms with van der Waals surface area (Å²) < 4.78 is 10.8. The molecule has 132 valence electrons. The highest BCUT2D eigenvalue weighted by Gasteiger charge is 2.49. The van der Waals surface area contributed by atoms with Gasteiger partial charge in [-0.05, 0) is 18.1 Å². The summed E-state index contributed by atoms with van der Waals surface area (Å²) in [6, 6.07) is 18.3. The van der Waals surface area contributed by atoms with Crippen LogP contribution in [0.15, 0.2) is 73.3 Å². The highest BCUT2D eigenvalue weighted by atomic mass is 16.5. The van der Waals surface area contributed by atoms with Crippen molar-refractivity contribution in [2.45, 2.75) is 18.6 Å². The topological polar surface area (TPSA) is 55.8 Å². The smallest absolute Gasteiger partial charge is 0.316 e. The third-order valence-electron chi connectivity index (χ3n) is 4.22. The summed E-state index contributed by atoms with van der Waals surface area (Å²) in [5, 5.41) is 11.8. The lowest BCUT2D eigenvalue weighted by atomic mass is 9.74. The second-order valence-electron chi connectivity index (χ2n) is 5.68. The predicted molar refractivity (Wildman–Crippen MR) is 96.9 cm³/mol. The van der Waals surface area contributed by atoms with Crippen LogP contribution in [0.5, 0.6) is 0 Å². The van der Waals surface area contributed by atoms with Gasteiger partial charge in [0.25, 0.3) is 0 Å². The first kappa shape index (κ1) is 18.9. The number of ether oxygens (including phenoxy) is 2. The van der Waals surface area contributed by atoms with Gasteiger partial charge in [0, 0.05) is 7.11 Å². The van der Waals surface area contributed by atoms with Crippen molar-refractivity contribution in [2.75, 3.05) is 13.7 Å². The van der Waals surface area contributed by atoms with Crippen LogP contribution < -0.4 is 0 Å². The number of carbonyl (C=O) groups excluding carboxylic acids is 1. The molecule has 1 unspecified atom stereocenters. The minimum absolute atomic E-state index is 0.219. The summed E-state index contributed by atoms with van der Waals surface area (Å²) in [6.07, 6.45) is 0.642. The predicted octanol–water partition coefficient (Wildman–Crippen LogP) is 3.63. The van der Waals surface area contributed by atoms with Gasteiger partial charge in [0.05, 0.1) is 6.61 Å². The number of esters is 1. The quantitative estimate of drug-likeness (QED) is 0.589. The molecule has 0 aliphatic rings. The first-order valence-corrected chi connectivity index (χ1v) is 8.24. The largest absolute Gasteiger partial charge is 0.465 e. The summed E-state index contributed by atoms with van der Waals surface area (Å²) >= 11 is 0. The van der Waals surface area contributed by atoms with E-state index in [9.17, 15) is 9.90 Å². The molecule has 0 fully saturated rings. The van der Waals surface area contributed by atoms with Crippen molar-refractivity contribution >= 4 is 5.97 Å². The van der Waals surface area contributed by atoms with E-state index in [1.54, 1.807) is 19.1 Å². The highest BCUT2D eigenvalue weighted by Crippen LogP contribution is 2.44. The van der Waals surface area contributed by atoms with Crippen molar-refractivity contribution in [1.29, 1.82) is 0 Å². The summed E-state index contributed by atoms with van der Waals surface area (Å²) in [5.41, 5.74) is -0.345. The van der Waals surface area contributed by atoms with Crippen molar-refractivity contribution in [3.8, 4) is 0 Å². The van der Waals surface area contributed by atoms with E-state index in [0.29, 0.717) is 5.56 Å². The fourth-order valence-electron chi connectivity index (χ4n) is 3.08. The number of rotatable bonds is 8. The maximum Gasteiger partial charge on any atom is 0.316 e. The van der Waals surface area contributed by atoms with Crippen LogP contribution in [0.2, 0.25) is 0 Å². The molecule has 0 aliphatic heterocycles. The molecule has 2 rings (SSSR count). The van der Waals surface area contributed by atoms with E-state index in [-0.39, 0.29) is 6.61 Å². The number of aliphatic hydroxyl groups is 1. The summed E-state index contributed by atoms with van der Waals surface area (Å²) in [4.78, 5) is 12.5. The van der Waals surface area contributed by atoms with Crippen LogP contribution >= 0.6 is 0 Å². The molecule has 0 aliphatic carbocycles. The Hall–Kier alpha value is -2.43. The third kappa shape index (κ3) is 3.81. The van der Waals surface area contributed by atoms with E-state index in [1.165, 1.54) is 13.2 Å². The van der Waals surface area contributed by atoms with Crippen LogP contribution in [0.3, 0.4) is 0 Å². The first-order chi connectivity index (χ1) is 12.1. The molecule has 2 aromatic carbocycles. The van der Waals surface area contributed by atoms with E-state index in [2.05, 4.69) is 6.58 Å². The minimum atomic E-state index is -1.66. The van der Waals surface area contributed by atoms with Crippen molar-refractivity contribution in [3.05, 3.63) is 84.4 Å². The molecular weight excluding hydrogens is 316 g/mol. The summed E-state index contributed by atoms with van der Waals surface area (Å²) in [5.74, 6) is -1.53. The SMILES string of the molecule is C=C[C@@H](C(=O)OCC)[C@@](O)(c1ccccc1)C(OC)c1ccccc1. The number of methoxy groups -OCH3 is 1. The zero-order valence-corrected chi connectivity index (χ0v) is 14.6. The van der Waals surface area contributed by atoms with Crippen molar-refractivity contribution in [2.24, 2.45) is 5.92 Å². The number of hydrogen-bond acceptors (Lipinski definition) is 4. The average Bonchev–Trinajstić information content (AvgIpc) is 2.64. The molecule has 0 spiro atoms. The monoisotopic (exact) mass is 340 g/mol. The molecule has 0 saturated heterocycles. The van der Waals surface area contributed by atoms with Gasteiger partial charge in [-0.2, -0.15) is 0 Å². The molecule has 3 atom stereocenters. The van der Waals surface area contributed by atoms with Crippen LogP contribution in [-0.2, 0) is 19.9 Å². The Kier molecular flexibility index (Phi) is 6.51. The lowest BCUT2D eigenvalue weighted by Gasteiger charge is -2.39. The van der Waals surface area contributed by atoms with Gasteiger partial charge in [0.2, 0.25) is 0 Å². The minimum Gasteiger partial charge on any atom is -0.465 e. The second kappa shape index (κ2) is 8.60. The van der Waals surface area contributed by atoms with E-state index < -0.39 is 23.6 Å². The van der Waals surface area contributed by atoms with E-state index in [4.69, 9.17) is 9.47 Å². The number of benzene rings is 2. The van der Waals surface area contributed by atoms with Crippen LogP contribution in [-0.4, -0.2) is 24.8 Å². The fourth-order valence-corrected chi connectivity index (χ4v) is 3.08. The van der Waals surface area contributed by atoms with Gasteiger partial charge in [-0.25, -0.2) is 0 Å². The molecular formula is C21H24O4. The standard InChI is InChI=1S/C21H24O4/c1-4-18(20(22)25-5-2)21(23,17-14-10-7-11-15-17)19(24-3)16-12-8-6-9-13-16/h4,6-15,18-19,23H,1,5H2,2-3H3/t18-,19?,21-/m0/s1. The van der Waals surface area contributed by atoms with Crippen molar-refractivity contribution in [1.82, 2.24) is 0 Å². The van der Waals surface area contributed by atoms with Gasteiger partial charge in [0.1, 0.15) is 17.6 Å². The van der Waals surface area contributed by atoms with E-state index in [1.807, 2.05) is 48.5 Å². The fraction of sp³-hybridized carbons (Fsp3) is 0.286. The second-order valence-corrected chi connectivity index (χ2v) is 5.68. The third-order valence-corrected chi connectivity index (χ3v) is 4.22. The number of hydrogen-bond donors (Lipinski definition) is 1. The molecule has 0 heterocycles. The Balaban J connectivity index is 2.63. The van der Waals surface area contributed by atoms with Crippen molar-refractivity contribution < 1.29 is 19.4 Å². The van der Waals surface area contributed by atoms with Crippen LogP contribution in [0.25, 0.3) is 0 Å². The highest BCUT2D eigenvalue weighted by molar-refractivity contribution is 5.76. The normalized spacial score (nSPS) is 15.6. The first-order valence-electron chi connectivity index (χ1n) is 8.24. The van der Waals surface area contributed by atoms with Gasteiger partial charge in [-0.15, -0.1) is 6.58 Å². The molecule has 25 heavy (non-hydrogen) atoms. The zero-order chi connectivity index (χ0) is 18.3. The Morgan fingerprint density at radius 3 is 2.20 bits per heavy atom. The van der Waals surface area contributed by atoms with Gasteiger partial charge in [-0.1, -0.05) is 66.7 Å². The molecule has 0 radical (unpaired) electrons. The Bertz CT molecular complexity index is 684. The molecule has 0 bridgehead atoms. The molecule has 0 aromatic heterocycles. The van der Waals surface area contributed by atoms with Crippen LogP contribution in [0.1, 0.15) is 24.2 Å². The van der Waals surface area contributed by atoms with Gasteiger partial charge < -0.3 is 14.6 Å². The maximum absolute atomic E-state index is 12.5. The summed E-state index contributed by atoms with van der Waals surface area (Å²) in [6.45, 7) is 5.70. The van der Waals surface area contributed by atoms with Crippen molar-refractivity contribution in [3.63, 3.8) is 0 Å². The van der Waals surface area contributed by atoms with Crippen LogP contribution in [0.4, 0.5) is 0 Å². The Labute approximate surface area is 148 Å². The lowest BCUT2D eigenvalue weighted by molar-refractivity contribution is -0.171. The summed E-state index contributed by atoms with van der Waals surface area (Å²) in [7, 11) is 1.51. The molecule has 1 N–H and O–H groups in total. The molecule has 4 heteroatoms. The maximum atomic E-state index is 12.5. The average molecular weight is 340 g/mol. The Morgan fingerprint density at radius 1 is 1.16 bits per heavy atom. The Morgan fingerprint density at radius 2 is 1.72 bits per heavy atom. The van der Waals surface area contributed by atoms with Gasteiger partial charge in [0.15, 0.2) is 0 Å². The molecule has 4 nitrogen and oxygen atoms in total. The number of carbonyl (C=O) groups is 1. The van der Waals surface area contributed by atoms with Gasteiger partial charge >= 0.3 is 5.97 Å². The van der Waals surface area contributed by atoms with Gasteiger partial charge in [-0.3, -0.25) is 4.79 Å². The molecule has 2 aromatic rings.